The Morgan fingerprint density at radius 2 is 1.81 bits per heavy atom. The molecule has 0 aromatic carbocycles. The van der Waals surface area contributed by atoms with E-state index in [1.165, 1.54) is 0 Å². The van der Waals surface area contributed by atoms with Gasteiger partial charge < -0.3 is 15.3 Å². The first-order chi connectivity index (χ1) is 9.73. The van der Waals surface area contributed by atoms with Crippen LogP contribution in [-0.4, -0.2) is 71.6 Å². The van der Waals surface area contributed by atoms with Crippen molar-refractivity contribution in [1.82, 2.24) is 15.1 Å². The Bertz CT molecular complexity index is 358. The average molecular weight is 299 g/mol. The van der Waals surface area contributed by atoms with Gasteiger partial charge in [0, 0.05) is 38.6 Å². The van der Waals surface area contributed by atoms with Gasteiger partial charge in [0.15, 0.2) is 0 Å². The second kappa shape index (κ2) is 7.75. The maximum atomic E-state index is 12.0. The Labute approximate surface area is 127 Å². The number of piperazine rings is 1. The second-order valence-electron chi connectivity index (χ2n) is 6.50. The molecule has 1 atom stereocenters. The summed E-state index contributed by atoms with van der Waals surface area (Å²) in [6, 6.07) is 0. The van der Waals surface area contributed by atoms with Crippen LogP contribution >= 0.6 is 0 Å². The van der Waals surface area contributed by atoms with Gasteiger partial charge >= 0.3 is 0 Å². The van der Waals surface area contributed by atoms with E-state index in [9.17, 15) is 14.7 Å². The Hall–Kier alpha value is -1.14. The van der Waals surface area contributed by atoms with Crippen LogP contribution in [-0.2, 0) is 9.59 Å². The van der Waals surface area contributed by atoms with E-state index >= 15 is 0 Å². The van der Waals surface area contributed by atoms with Gasteiger partial charge in [-0.3, -0.25) is 14.5 Å². The molecule has 0 saturated carbocycles. The SMILES string of the molecule is CCC(C)C(=O)NCC(=O)N1CCN(CC(C)(C)O)CC1. The molecule has 2 N–H and O–H groups in total. The number of hydrogen-bond acceptors (Lipinski definition) is 4. The standard InChI is InChI=1S/C15H29N3O3/c1-5-12(2)14(20)16-10-13(19)18-8-6-17(7-9-18)11-15(3,4)21/h12,21H,5-11H2,1-4H3,(H,16,20). The number of carbonyl (C=O) groups is 2. The van der Waals surface area contributed by atoms with Gasteiger partial charge in [0.05, 0.1) is 12.1 Å². The quantitative estimate of drug-likeness (QED) is 0.728. The fourth-order valence-corrected chi connectivity index (χ4v) is 2.34. The number of nitrogens with one attached hydrogen (secondary N) is 1. The molecular weight excluding hydrogens is 270 g/mol. The van der Waals surface area contributed by atoms with E-state index in [0.717, 1.165) is 19.5 Å². The van der Waals surface area contributed by atoms with E-state index in [4.69, 9.17) is 0 Å². The van der Waals surface area contributed by atoms with Crippen LogP contribution in [0.3, 0.4) is 0 Å². The van der Waals surface area contributed by atoms with Crippen molar-refractivity contribution in [2.75, 3.05) is 39.3 Å². The van der Waals surface area contributed by atoms with Crippen LogP contribution in [0.4, 0.5) is 0 Å². The molecule has 0 bridgehead atoms. The van der Waals surface area contributed by atoms with Crippen LogP contribution in [0.25, 0.3) is 0 Å². The van der Waals surface area contributed by atoms with E-state index in [1.54, 1.807) is 18.7 Å². The van der Waals surface area contributed by atoms with E-state index in [0.29, 0.717) is 19.6 Å². The fraction of sp³-hybridized carbons (Fsp3) is 0.867. The second-order valence-corrected chi connectivity index (χ2v) is 6.50. The Balaban J connectivity index is 2.30. The van der Waals surface area contributed by atoms with Gasteiger partial charge in [0.25, 0.3) is 0 Å². The monoisotopic (exact) mass is 299 g/mol. The van der Waals surface area contributed by atoms with Gasteiger partial charge in [0.1, 0.15) is 0 Å². The molecule has 0 aromatic heterocycles. The lowest BCUT2D eigenvalue weighted by Crippen LogP contribution is -2.53. The largest absolute Gasteiger partial charge is 0.389 e. The third-order valence-electron chi connectivity index (χ3n) is 3.81. The highest BCUT2D eigenvalue weighted by atomic mass is 16.3. The molecule has 2 amide bonds. The van der Waals surface area contributed by atoms with Crippen LogP contribution in [0.5, 0.6) is 0 Å². The molecule has 6 nitrogen and oxygen atoms in total. The minimum absolute atomic E-state index is 0.0328. The topological polar surface area (TPSA) is 72.9 Å². The number of amides is 2. The number of nitrogens with zero attached hydrogens (tertiary/aromatic N) is 2. The lowest BCUT2D eigenvalue weighted by atomic mass is 10.1. The molecule has 0 aliphatic carbocycles. The van der Waals surface area contributed by atoms with Gasteiger partial charge in [-0.25, -0.2) is 0 Å². The molecule has 1 fully saturated rings. The van der Waals surface area contributed by atoms with E-state index in [-0.39, 0.29) is 24.3 Å². The molecule has 0 aromatic rings. The lowest BCUT2D eigenvalue weighted by molar-refractivity contribution is -0.135. The number of hydrogen-bond donors (Lipinski definition) is 2. The summed E-state index contributed by atoms with van der Waals surface area (Å²) in [5.41, 5.74) is -0.712. The maximum Gasteiger partial charge on any atom is 0.242 e. The summed E-state index contributed by atoms with van der Waals surface area (Å²) >= 11 is 0. The van der Waals surface area contributed by atoms with Crippen LogP contribution in [0.15, 0.2) is 0 Å². The first-order valence-corrected chi connectivity index (χ1v) is 7.73. The zero-order valence-corrected chi connectivity index (χ0v) is 13.7. The zero-order chi connectivity index (χ0) is 16.0. The van der Waals surface area contributed by atoms with E-state index < -0.39 is 5.60 Å². The molecule has 6 heteroatoms. The number of rotatable bonds is 6. The number of β-amino-alcohol motifs (C(OH)–C–C–N with tert-alkyl or cyclic N) is 1. The van der Waals surface area contributed by atoms with Crippen LogP contribution in [0, 0.1) is 5.92 Å². The Morgan fingerprint density at radius 1 is 1.24 bits per heavy atom. The average Bonchev–Trinajstić information content (AvgIpc) is 2.42. The summed E-state index contributed by atoms with van der Waals surface area (Å²) in [6.45, 7) is 10.9. The Morgan fingerprint density at radius 3 is 2.29 bits per heavy atom. The Kier molecular flexibility index (Phi) is 6.61. The molecular formula is C15H29N3O3. The van der Waals surface area contributed by atoms with Gasteiger partial charge in [-0.1, -0.05) is 13.8 Å². The predicted octanol–water partition coefficient (Wildman–Crippen LogP) is 0.0638. The highest BCUT2D eigenvalue weighted by Gasteiger charge is 2.25. The smallest absolute Gasteiger partial charge is 0.242 e. The first kappa shape index (κ1) is 17.9. The van der Waals surface area contributed by atoms with Crippen LogP contribution in [0.1, 0.15) is 34.1 Å². The summed E-state index contributed by atoms with van der Waals surface area (Å²) < 4.78 is 0. The molecule has 1 aliphatic heterocycles. The predicted molar refractivity (Wildman–Crippen MR) is 81.8 cm³/mol. The van der Waals surface area contributed by atoms with Crippen molar-refractivity contribution < 1.29 is 14.7 Å². The van der Waals surface area contributed by atoms with Crippen molar-refractivity contribution in [1.29, 1.82) is 0 Å². The molecule has 21 heavy (non-hydrogen) atoms. The zero-order valence-electron chi connectivity index (χ0n) is 13.7. The maximum absolute atomic E-state index is 12.0. The summed E-state index contributed by atoms with van der Waals surface area (Å²) in [4.78, 5) is 27.6. The van der Waals surface area contributed by atoms with E-state index in [2.05, 4.69) is 10.2 Å². The van der Waals surface area contributed by atoms with Crippen molar-refractivity contribution in [3.05, 3.63) is 0 Å². The number of carbonyl (C=O) groups excluding carboxylic acids is 2. The lowest BCUT2D eigenvalue weighted by Gasteiger charge is -2.37. The molecule has 122 valence electrons. The van der Waals surface area contributed by atoms with Crippen molar-refractivity contribution >= 4 is 11.8 Å². The summed E-state index contributed by atoms with van der Waals surface area (Å²) in [6.07, 6.45) is 0.773. The molecule has 1 aliphatic rings. The number of aliphatic hydroxyl groups is 1. The van der Waals surface area contributed by atoms with Gasteiger partial charge in [0.2, 0.25) is 11.8 Å². The van der Waals surface area contributed by atoms with Gasteiger partial charge in [-0.15, -0.1) is 0 Å². The van der Waals surface area contributed by atoms with Gasteiger partial charge in [-0.05, 0) is 20.3 Å². The summed E-state index contributed by atoms with van der Waals surface area (Å²) in [7, 11) is 0. The molecule has 0 radical (unpaired) electrons. The molecule has 1 heterocycles. The highest BCUT2D eigenvalue weighted by Crippen LogP contribution is 2.08. The normalized spacial score (nSPS) is 18.4. The van der Waals surface area contributed by atoms with Crippen LogP contribution in [0.2, 0.25) is 0 Å². The van der Waals surface area contributed by atoms with Crippen molar-refractivity contribution in [3.8, 4) is 0 Å². The molecule has 0 spiro atoms. The molecule has 1 saturated heterocycles. The van der Waals surface area contributed by atoms with Gasteiger partial charge in [-0.2, -0.15) is 0 Å². The van der Waals surface area contributed by atoms with Crippen molar-refractivity contribution in [2.24, 2.45) is 5.92 Å². The first-order valence-electron chi connectivity index (χ1n) is 7.73. The van der Waals surface area contributed by atoms with Crippen molar-refractivity contribution in [2.45, 2.75) is 39.7 Å². The van der Waals surface area contributed by atoms with Crippen LogP contribution < -0.4 is 5.32 Å². The minimum Gasteiger partial charge on any atom is -0.389 e. The third-order valence-corrected chi connectivity index (χ3v) is 3.81. The summed E-state index contributed by atoms with van der Waals surface area (Å²) in [5.74, 6) is -0.150. The molecule has 1 rings (SSSR count). The highest BCUT2D eigenvalue weighted by molar-refractivity contribution is 5.85. The van der Waals surface area contributed by atoms with Crippen molar-refractivity contribution in [3.63, 3.8) is 0 Å². The fourth-order valence-electron chi connectivity index (χ4n) is 2.34. The molecule has 1 unspecified atom stereocenters. The van der Waals surface area contributed by atoms with E-state index in [1.807, 2.05) is 13.8 Å². The third kappa shape index (κ3) is 6.44. The minimum atomic E-state index is -0.712. The summed E-state index contributed by atoms with van der Waals surface area (Å²) in [5, 5.41) is 12.5.